The maximum absolute atomic E-state index is 11.8. The van der Waals surface area contributed by atoms with Gasteiger partial charge in [0, 0.05) is 6.42 Å². The van der Waals surface area contributed by atoms with Crippen molar-refractivity contribution in [1.29, 1.82) is 0 Å². The molecule has 0 unspecified atom stereocenters. The summed E-state index contributed by atoms with van der Waals surface area (Å²) in [4.78, 5) is 23.6. The van der Waals surface area contributed by atoms with Gasteiger partial charge in [0.2, 0.25) is 0 Å². The zero-order valence-electron chi connectivity index (χ0n) is 11.2. The van der Waals surface area contributed by atoms with Crippen molar-refractivity contribution in [2.24, 2.45) is 5.41 Å². The molecule has 0 saturated heterocycles. The van der Waals surface area contributed by atoms with Crippen LogP contribution in [0.4, 0.5) is 0 Å². The van der Waals surface area contributed by atoms with Gasteiger partial charge in [-0.05, 0) is 47.1 Å². The number of hydrogen-bond acceptors (Lipinski definition) is 3. The Morgan fingerprint density at radius 2 is 1.88 bits per heavy atom. The molecule has 0 fully saturated rings. The van der Waals surface area contributed by atoms with Crippen LogP contribution in [-0.2, 0) is 14.3 Å². The lowest BCUT2D eigenvalue weighted by atomic mass is 9.94. The van der Waals surface area contributed by atoms with Crippen LogP contribution in [-0.4, -0.2) is 11.8 Å². The minimum Gasteiger partial charge on any atom is -0.426 e. The Bertz CT molecular complexity index is 402. The Labute approximate surface area is 103 Å². The summed E-state index contributed by atoms with van der Waals surface area (Å²) in [5.74, 6) is 0.183. The second-order valence-corrected chi connectivity index (χ2v) is 5.54. The Kier molecular flexibility index (Phi) is 3.91. The number of carbonyl (C=O) groups excluding carboxylic acids is 2. The Morgan fingerprint density at radius 1 is 1.29 bits per heavy atom. The molecule has 0 N–H and O–H groups in total. The summed E-state index contributed by atoms with van der Waals surface area (Å²) < 4.78 is 5.34. The van der Waals surface area contributed by atoms with E-state index in [-0.39, 0.29) is 11.8 Å². The lowest BCUT2D eigenvalue weighted by Gasteiger charge is -2.22. The Morgan fingerprint density at radius 3 is 2.35 bits per heavy atom. The SMILES string of the molecule is CC(C)=C1C(=O)CCC=C1OC(=O)C(C)(C)C. The number of ketones is 1. The van der Waals surface area contributed by atoms with E-state index in [4.69, 9.17) is 4.74 Å². The van der Waals surface area contributed by atoms with Gasteiger partial charge in [0.15, 0.2) is 5.78 Å². The second kappa shape index (κ2) is 4.86. The summed E-state index contributed by atoms with van der Waals surface area (Å²) in [6.45, 7) is 9.10. The first-order chi connectivity index (χ1) is 7.73. The van der Waals surface area contributed by atoms with E-state index < -0.39 is 5.41 Å². The van der Waals surface area contributed by atoms with Crippen LogP contribution in [0.3, 0.4) is 0 Å². The lowest BCUT2D eigenvalue weighted by Crippen LogP contribution is -2.25. The highest BCUT2D eigenvalue weighted by Gasteiger charge is 2.28. The molecule has 17 heavy (non-hydrogen) atoms. The Balaban J connectivity index is 2.98. The number of esters is 1. The van der Waals surface area contributed by atoms with E-state index in [0.717, 1.165) is 5.57 Å². The average Bonchev–Trinajstić information content (AvgIpc) is 2.15. The molecular weight excluding hydrogens is 216 g/mol. The first-order valence-electron chi connectivity index (χ1n) is 5.87. The topological polar surface area (TPSA) is 43.4 Å². The van der Waals surface area contributed by atoms with Gasteiger partial charge in [-0.25, -0.2) is 0 Å². The predicted molar refractivity (Wildman–Crippen MR) is 66.2 cm³/mol. The van der Waals surface area contributed by atoms with Crippen LogP contribution < -0.4 is 0 Å². The smallest absolute Gasteiger partial charge is 0.316 e. The molecule has 0 atom stereocenters. The molecule has 0 radical (unpaired) electrons. The van der Waals surface area contributed by atoms with E-state index in [1.54, 1.807) is 20.8 Å². The summed E-state index contributed by atoms with van der Waals surface area (Å²) in [7, 11) is 0. The van der Waals surface area contributed by atoms with Crippen molar-refractivity contribution in [2.75, 3.05) is 0 Å². The van der Waals surface area contributed by atoms with Gasteiger partial charge in [0.1, 0.15) is 5.76 Å². The molecule has 3 nitrogen and oxygen atoms in total. The number of rotatable bonds is 1. The molecule has 1 aliphatic carbocycles. The van der Waals surface area contributed by atoms with E-state index in [0.29, 0.717) is 24.2 Å². The summed E-state index contributed by atoms with van der Waals surface area (Å²) >= 11 is 0. The number of hydrogen-bond donors (Lipinski definition) is 0. The molecule has 0 bridgehead atoms. The molecule has 0 aromatic carbocycles. The van der Waals surface area contributed by atoms with E-state index in [1.165, 1.54) is 0 Å². The molecule has 0 saturated carbocycles. The summed E-state index contributed by atoms with van der Waals surface area (Å²) in [6, 6.07) is 0. The normalized spacial score (nSPS) is 16.6. The van der Waals surface area contributed by atoms with Crippen molar-refractivity contribution >= 4 is 11.8 Å². The lowest BCUT2D eigenvalue weighted by molar-refractivity contribution is -0.148. The third-order valence-electron chi connectivity index (χ3n) is 2.54. The monoisotopic (exact) mass is 236 g/mol. The second-order valence-electron chi connectivity index (χ2n) is 5.54. The average molecular weight is 236 g/mol. The number of carbonyl (C=O) groups is 2. The molecule has 0 aromatic rings. The van der Waals surface area contributed by atoms with E-state index in [2.05, 4.69) is 0 Å². The zero-order valence-corrected chi connectivity index (χ0v) is 11.2. The van der Waals surface area contributed by atoms with Crippen molar-refractivity contribution in [2.45, 2.75) is 47.5 Å². The van der Waals surface area contributed by atoms with Gasteiger partial charge in [-0.1, -0.05) is 5.57 Å². The van der Waals surface area contributed by atoms with Crippen molar-refractivity contribution in [3.05, 3.63) is 23.0 Å². The van der Waals surface area contributed by atoms with Crippen LogP contribution in [0.25, 0.3) is 0 Å². The van der Waals surface area contributed by atoms with Crippen molar-refractivity contribution in [3.63, 3.8) is 0 Å². The van der Waals surface area contributed by atoms with E-state index in [9.17, 15) is 9.59 Å². The first kappa shape index (κ1) is 13.7. The number of ether oxygens (including phenoxy) is 1. The fourth-order valence-corrected chi connectivity index (χ4v) is 1.57. The van der Waals surface area contributed by atoms with E-state index >= 15 is 0 Å². The number of allylic oxidation sites excluding steroid dienone is 3. The molecule has 1 aliphatic rings. The van der Waals surface area contributed by atoms with Crippen molar-refractivity contribution in [1.82, 2.24) is 0 Å². The fourth-order valence-electron chi connectivity index (χ4n) is 1.57. The van der Waals surface area contributed by atoms with E-state index in [1.807, 2.05) is 19.9 Å². The zero-order chi connectivity index (χ0) is 13.2. The summed E-state index contributed by atoms with van der Waals surface area (Å²) in [5.41, 5.74) is 0.894. The highest BCUT2D eigenvalue weighted by Crippen LogP contribution is 2.27. The third kappa shape index (κ3) is 3.29. The molecular formula is C14H20O3. The first-order valence-corrected chi connectivity index (χ1v) is 5.87. The molecule has 0 heterocycles. The Hall–Kier alpha value is -1.38. The molecule has 0 spiro atoms. The van der Waals surface area contributed by atoms with Crippen LogP contribution >= 0.6 is 0 Å². The van der Waals surface area contributed by atoms with Crippen molar-refractivity contribution in [3.8, 4) is 0 Å². The van der Waals surface area contributed by atoms with Crippen LogP contribution in [0.1, 0.15) is 47.5 Å². The highest BCUT2D eigenvalue weighted by atomic mass is 16.5. The van der Waals surface area contributed by atoms with Crippen molar-refractivity contribution < 1.29 is 14.3 Å². The fraction of sp³-hybridized carbons (Fsp3) is 0.571. The van der Waals surface area contributed by atoms with Crippen LogP contribution in [0, 0.1) is 5.41 Å². The maximum atomic E-state index is 11.8. The summed E-state index contributed by atoms with van der Waals surface area (Å²) in [5, 5.41) is 0. The predicted octanol–water partition coefficient (Wildman–Crippen LogP) is 3.16. The van der Waals surface area contributed by atoms with Gasteiger partial charge in [-0.2, -0.15) is 0 Å². The standard InChI is InChI=1S/C14H20O3/c1-9(2)12-10(15)7-6-8-11(12)17-13(16)14(3,4)5/h8H,6-7H2,1-5H3. The molecule has 0 aromatic heterocycles. The minimum absolute atomic E-state index is 0.0595. The van der Waals surface area contributed by atoms with Gasteiger partial charge >= 0.3 is 5.97 Å². The largest absolute Gasteiger partial charge is 0.426 e. The molecule has 94 valence electrons. The van der Waals surface area contributed by atoms with Gasteiger partial charge in [-0.3, -0.25) is 9.59 Å². The third-order valence-corrected chi connectivity index (χ3v) is 2.54. The van der Waals surface area contributed by atoms with Gasteiger partial charge in [0.25, 0.3) is 0 Å². The van der Waals surface area contributed by atoms with Crippen LogP contribution in [0.15, 0.2) is 23.0 Å². The highest BCUT2D eigenvalue weighted by molar-refractivity contribution is 6.01. The van der Waals surface area contributed by atoms with Crippen LogP contribution in [0.5, 0.6) is 0 Å². The van der Waals surface area contributed by atoms with Gasteiger partial charge in [0.05, 0.1) is 11.0 Å². The maximum Gasteiger partial charge on any atom is 0.316 e. The minimum atomic E-state index is -0.561. The van der Waals surface area contributed by atoms with Crippen LogP contribution in [0.2, 0.25) is 0 Å². The molecule has 0 amide bonds. The van der Waals surface area contributed by atoms with Gasteiger partial charge in [-0.15, -0.1) is 0 Å². The quantitative estimate of drug-likeness (QED) is 0.519. The molecule has 1 rings (SSSR count). The molecule has 3 heteroatoms. The van der Waals surface area contributed by atoms with Gasteiger partial charge < -0.3 is 4.74 Å². The summed E-state index contributed by atoms with van der Waals surface area (Å²) in [6.07, 6.45) is 2.97. The molecule has 0 aliphatic heterocycles. The number of Topliss-reactive ketones (excluding diaryl/α,β-unsaturated/α-hetero) is 1.